The van der Waals surface area contributed by atoms with Crippen molar-refractivity contribution in [2.75, 3.05) is 24.4 Å². The van der Waals surface area contributed by atoms with Gasteiger partial charge in [0, 0.05) is 22.8 Å². The molecule has 0 aliphatic rings. The minimum absolute atomic E-state index is 0.322. The van der Waals surface area contributed by atoms with Crippen LogP contribution in [0, 0.1) is 0 Å². The summed E-state index contributed by atoms with van der Waals surface area (Å²) >= 11 is 0. The molecule has 0 fully saturated rings. The van der Waals surface area contributed by atoms with Gasteiger partial charge >= 0.3 is 6.03 Å². The fourth-order valence-corrected chi connectivity index (χ4v) is 2.95. The van der Waals surface area contributed by atoms with E-state index in [9.17, 15) is 9.00 Å². The minimum atomic E-state index is -1.03. The molecule has 0 saturated heterocycles. The topological polar surface area (TPSA) is 67.4 Å². The SMILES string of the molecule is COc1ccccc1NC(=O)N[C@H](C[S@@](C)=O)c1ccccc1. The van der Waals surface area contributed by atoms with E-state index in [2.05, 4.69) is 10.6 Å². The fourth-order valence-electron chi connectivity index (χ4n) is 2.21. The Morgan fingerprint density at radius 1 is 1.13 bits per heavy atom. The molecule has 0 spiro atoms. The molecule has 0 heterocycles. The molecule has 0 saturated carbocycles. The van der Waals surface area contributed by atoms with Crippen LogP contribution in [0.1, 0.15) is 11.6 Å². The number of amides is 2. The van der Waals surface area contributed by atoms with Gasteiger partial charge in [0.25, 0.3) is 0 Å². The molecule has 2 amide bonds. The van der Waals surface area contributed by atoms with Crippen molar-refractivity contribution < 1.29 is 13.7 Å². The van der Waals surface area contributed by atoms with Gasteiger partial charge in [-0.25, -0.2) is 4.79 Å². The van der Waals surface area contributed by atoms with Gasteiger partial charge in [0.15, 0.2) is 0 Å². The van der Waals surface area contributed by atoms with E-state index in [1.54, 1.807) is 25.5 Å². The maximum Gasteiger partial charge on any atom is 0.319 e. The number of anilines is 1. The number of carbonyl (C=O) groups is 1. The maximum atomic E-state index is 12.3. The average Bonchev–Trinajstić information content (AvgIpc) is 2.55. The van der Waals surface area contributed by atoms with Crippen LogP contribution >= 0.6 is 0 Å². The Hall–Kier alpha value is -2.34. The summed E-state index contributed by atoms with van der Waals surface area (Å²) in [5, 5.41) is 5.63. The number of nitrogens with one attached hydrogen (secondary N) is 2. The van der Waals surface area contributed by atoms with E-state index < -0.39 is 10.8 Å². The van der Waals surface area contributed by atoms with Gasteiger partial charge in [-0.05, 0) is 17.7 Å². The van der Waals surface area contributed by atoms with E-state index in [4.69, 9.17) is 4.74 Å². The summed E-state index contributed by atoms with van der Waals surface area (Å²) in [6, 6.07) is 16.0. The van der Waals surface area contributed by atoms with Crippen molar-refractivity contribution in [3.8, 4) is 5.75 Å². The predicted octanol–water partition coefficient (Wildman–Crippen LogP) is 2.94. The molecule has 0 unspecified atom stereocenters. The molecule has 2 N–H and O–H groups in total. The Morgan fingerprint density at radius 2 is 1.78 bits per heavy atom. The Kier molecular flexibility index (Phi) is 6.17. The van der Waals surface area contributed by atoms with Gasteiger partial charge in [-0.1, -0.05) is 42.5 Å². The van der Waals surface area contributed by atoms with Crippen LogP contribution in [0.3, 0.4) is 0 Å². The van der Waals surface area contributed by atoms with Crippen molar-refractivity contribution in [1.82, 2.24) is 5.32 Å². The van der Waals surface area contributed by atoms with E-state index in [0.717, 1.165) is 5.56 Å². The second kappa shape index (κ2) is 8.33. The molecule has 23 heavy (non-hydrogen) atoms. The molecular formula is C17H20N2O3S. The second-order valence-corrected chi connectivity index (χ2v) is 6.48. The normalized spacial score (nSPS) is 13.0. The number of para-hydroxylation sites is 2. The molecule has 0 bridgehead atoms. The molecule has 2 atom stereocenters. The highest BCUT2D eigenvalue weighted by Gasteiger charge is 2.16. The van der Waals surface area contributed by atoms with Crippen molar-refractivity contribution in [2.45, 2.75) is 6.04 Å². The highest BCUT2D eigenvalue weighted by Crippen LogP contribution is 2.23. The van der Waals surface area contributed by atoms with Crippen LogP contribution < -0.4 is 15.4 Å². The first-order valence-corrected chi connectivity index (χ1v) is 8.88. The van der Waals surface area contributed by atoms with E-state index in [-0.39, 0.29) is 12.1 Å². The van der Waals surface area contributed by atoms with Crippen LogP contribution in [0.15, 0.2) is 54.6 Å². The molecular weight excluding hydrogens is 312 g/mol. The van der Waals surface area contributed by atoms with Gasteiger partial charge in [-0.15, -0.1) is 0 Å². The molecule has 5 nitrogen and oxygen atoms in total. The Morgan fingerprint density at radius 3 is 2.43 bits per heavy atom. The number of methoxy groups -OCH3 is 1. The highest BCUT2D eigenvalue weighted by atomic mass is 32.2. The lowest BCUT2D eigenvalue weighted by Crippen LogP contribution is -2.35. The van der Waals surface area contributed by atoms with Gasteiger partial charge in [-0.3, -0.25) is 4.21 Å². The molecule has 0 aromatic heterocycles. The molecule has 0 radical (unpaired) electrons. The van der Waals surface area contributed by atoms with Gasteiger partial charge < -0.3 is 15.4 Å². The summed E-state index contributed by atoms with van der Waals surface area (Å²) in [5.41, 5.74) is 1.50. The van der Waals surface area contributed by atoms with E-state index in [0.29, 0.717) is 17.2 Å². The molecule has 0 aliphatic heterocycles. The van der Waals surface area contributed by atoms with Crippen LogP contribution in [-0.2, 0) is 10.8 Å². The van der Waals surface area contributed by atoms with Crippen LogP contribution in [0.4, 0.5) is 10.5 Å². The van der Waals surface area contributed by atoms with Gasteiger partial charge in [0.05, 0.1) is 18.8 Å². The molecule has 2 rings (SSSR count). The number of benzene rings is 2. The summed E-state index contributed by atoms with van der Waals surface area (Å²) < 4.78 is 16.8. The summed E-state index contributed by atoms with van der Waals surface area (Å²) in [7, 11) is 0.515. The number of ether oxygens (including phenoxy) is 1. The van der Waals surface area contributed by atoms with Gasteiger partial charge in [0.2, 0.25) is 0 Å². The summed E-state index contributed by atoms with van der Waals surface area (Å²) in [6.07, 6.45) is 1.62. The van der Waals surface area contributed by atoms with Crippen LogP contribution in [0.25, 0.3) is 0 Å². The highest BCUT2D eigenvalue weighted by molar-refractivity contribution is 7.84. The summed E-state index contributed by atoms with van der Waals surface area (Å²) in [4.78, 5) is 12.3. The first-order chi connectivity index (χ1) is 11.1. The van der Waals surface area contributed by atoms with Crippen molar-refractivity contribution >= 4 is 22.5 Å². The third-order valence-electron chi connectivity index (χ3n) is 3.26. The van der Waals surface area contributed by atoms with Gasteiger partial charge in [-0.2, -0.15) is 0 Å². The standard InChI is InChI=1S/C17H20N2O3S/c1-22-16-11-7-6-10-14(16)18-17(20)19-15(12-23(2)21)13-8-4-3-5-9-13/h3-11,15H,12H2,1-2H3,(H2,18,19,20)/t15-,23-/m1/s1. The lowest BCUT2D eigenvalue weighted by atomic mass is 10.1. The zero-order chi connectivity index (χ0) is 16.7. The van der Waals surface area contributed by atoms with Crippen LogP contribution in [-0.4, -0.2) is 29.4 Å². The fraction of sp³-hybridized carbons (Fsp3) is 0.235. The number of urea groups is 1. The molecule has 2 aromatic carbocycles. The zero-order valence-corrected chi connectivity index (χ0v) is 13.9. The second-order valence-electron chi connectivity index (χ2n) is 5.00. The minimum Gasteiger partial charge on any atom is -0.495 e. The van der Waals surface area contributed by atoms with E-state index >= 15 is 0 Å². The largest absolute Gasteiger partial charge is 0.495 e. The smallest absolute Gasteiger partial charge is 0.319 e. The van der Waals surface area contributed by atoms with Crippen molar-refractivity contribution in [3.63, 3.8) is 0 Å². The molecule has 0 aliphatic carbocycles. The summed E-state index contributed by atoms with van der Waals surface area (Å²) in [5.74, 6) is 0.932. The van der Waals surface area contributed by atoms with Crippen molar-refractivity contribution in [1.29, 1.82) is 0 Å². The third kappa shape index (κ3) is 5.10. The lowest BCUT2D eigenvalue weighted by Gasteiger charge is -2.19. The van der Waals surface area contributed by atoms with Crippen LogP contribution in [0.5, 0.6) is 5.75 Å². The van der Waals surface area contributed by atoms with Crippen LogP contribution in [0.2, 0.25) is 0 Å². The van der Waals surface area contributed by atoms with Crippen molar-refractivity contribution in [3.05, 3.63) is 60.2 Å². The lowest BCUT2D eigenvalue weighted by molar-refractivity contribution is 0.249. The number of carbonyl (C=O) groups excluding carboxylic acids is 1. The van der Waals surface area contributed by atoms with E-state index in [1.807, 2.05) is 42.5 Å². The van der Waals surface area contributed by atoms with Crippen molar-refractivity contribution in [2.24, 2.45) is 0 Å². The number of hydrogen-bond donors (Lipinski definition) is 2. The van der Waals surface area contributed by atoms with Gasteiger partial charge in [0.1, 0.15) is 5.75 Å². The Balaban J connectivity index is 2.10. The summed E-state index contributed by atoms with van der Waals surface area (Å²) in [6.45, 7) is 0. The average molecular weight is 332 g/mol. The Bertz CT molecular complexity index is 677. The zero-order valence-electron chi connectivity index (χ0n) is 13.1. The Labute approximate surface area is 138 Å². The third-order valence-corrected chi connectivity index (χ3v) is 4.07. The molecule has 6 heteroatoms. The maximum absolute atomic E-state index is 12.3. The van der Waals surface area contributed by atoms with E-state index in [1.165, 1.54) is 0 Å². The monoisotopic (exact) mass is 332 g/mol. The number of hydrogen-bond acceptors (Lipinski definition) is 3. The first kappa shape index (κ1) is 17.0. The predicted molar refractivity (Wildman–Crippen MR) is 93.3 cm³/mol. The first-order valence-electron chi connectivity index (χ1n) is 7.15. The molecule has 122 valence electrons. The molecule has 2 aromatic rings. The quantitative estimate of drug-likeness (QED) is 0.855. The number of rotatable bonds is 6.